The van der Waals surface area contributed by atoms with E-state index in [1.807, 2.05) is 0 Å². The van der Waals surface area contributed by atoms with Gasteiger partial charge in [-0.25, -0.2) is 4.79 Å². The van der Waals surface area contributed by atoms with E-state index in [9.17, 15) is 27.6 Å². The highest BCUT2D eigenvalue weighted by Crippen LogP contribution is 2.28. The van der Waals surface area contributed by atoms with Gasteiger partial charge in [0.15, 0.2) is 0 Å². The van der Waals surface area contributed by atoms with Crippen molar-refractivity contribution in [1.29, 1.82) is 0 Å². The molecule has 1 atom stereocenters. The number of hydrogen-bond donors (Lipinski definition) is 2. The Morgan fingerprint density at radius 2 is 1.58 bits per heavy atom. The van der Waals surface area contributed by atoms with Crippen molar-refractivity contribution in [3.8, 4) is 22.6 Å². The maximum absolute atomic E-state index is 12.3. The fraction of sp³-hybridized carbons (Fsp3) is 0.318. The summed E-state index contributed by atoms with van der Waals surface area (Å²) in [5, 5.41) is 4.82. The van der Waals surface area contributed by atoms with Gasteiger partial charge < -0.3 is 19.7 Å². The lowest BCUT2D eigenvalue weighted by atomic mass is 10.0. The second-order valence-electron chi connectivity index (χ2n) is 7.82. The largest absolute Gasteiger partial charge is 0.573 e. The van der Waals surface area contributed by atoms with Gasteiger partial charge in [0.05, 0.1) is 6.04 Å². The summed E-state index contributed by atoms with van der Waals surface area (Å²) < 4.78 is 46.4. The number of ether oxygens (including phenoxy) is 2. The van der Waals surface area contributed by atoms with Gasteiger partial charge in [0.2, 0.25) is 6.41 Å². The molecule has 3 rings (SSSR count). The van der Waals surface area contributed by atoms with Crippen LogP contribution in [0.1, 0.15) is 13.8 Å². The number of rotatable bonds is 9. The lowest BCUT2D eigenvalue weighted by molar-refractivity contribution is -0.274. The van der Waals surface area contributed by atoms with E-state index in [2.05, 4.69) is 15.4 Å². The van der Waals surface area contributed by atoms with Crippen molar-refractivity contribution in [1.82, 2.24) is 15.5 Å². The van der Waals surface area contributed by atoms with Gasteiger partial charge in [-0.2, -0.15) is 0 Å². The van der Waals surface area contributed by atoms with Gasteiger partial charge >= 0.3 is 12.4 Å². The van der Waals surface area contributed by atoms with Gasteiger partial charge in [0.1, 0.15) is 23.6 Å². The van der Waals surface area contributed by atoms with E-state index in [-0.39, 0.29) is 18.9 Å². The quantitative estimate of drug-likeness (QED) is 0.438. The lowest BCUT2D eigenvalue weighted by Gasteiger charge is -2.31. The second-order valence-corrected chi connectivity index (χ2v) is 7.82. The monoisotopic (exact) mass is 465 g/mol. The van der Waals surface area contributed by atoms with Crippen LogP contribution in [0.15, 0.2) is 48.5 Å². The number of urea groups is 1. The summed E-state index contributed by atoms with van der Waals surface area (Å²) >= 11 is 0. The molecule has 2 aromatic rings. The predicted octanol–water partition coefficient (Wildman–Crippen LogP) is 3.08. The van der Waals surface area contributed by atoms with Crippen LogP contribution in [0, 0.1) is 0 Å². The normalized spacial score (nSPS) is 16.2. The van der Waals surface area contributed by atoms with Gasteiger partial charge in [-0.05, 0) is 49.2 Å². The molecule has 0 aromatic heterocycles. The molecule has 33 heavy (non-hydrogen) atoms. The molecule has 1 unspecified atom stereocenters. The summed E-state index contributed by atoms with van der Waals surface area (Å²) in [6.07, 6.45) is -4.26. The van der Waals surface area contributed by atoms with Crippen molar-refractivity contribution in [3.05, 3.63) is 48.5 Å². The molecule has 11 heteroatoms. The third kappa shape index (κ3) is 5.93. The number of carbonyl (C=O) groups is 3. The zero-order chi connectivity index (χ0) is 24.2. The number of benzene rings is 2. The standard InChI is InChI=1S/C22H22F3N3O5/c1-21(2)19(30)27-20(31)28(21)11-16(26-13-29)12-32-17-7-3-14(4-8-17)15-5-9-18(10-6-15)33-22(23,24)25/h3-10,13,16H,11-12H2,1-2H3,(H,26,29)(H,27,30,31). The summed E-state index contributed by atoms with van der Waals surface area (Å²) in [5.74, 6) is -0.252. The minimum atomic E-state index is -4.75. The van der Waals surface area contributed by atoms with Gasteiger partial charge in [-0.3, -0.25) is 14.9 Å². The minimum absolute atomic E-state index is 0.0373. The van der Waals surface area contributed by atoms with E-state index < -0.39 is 29.9 Å². The van der Waals surface area contributed by atoms with E-state index in [1.54, 1.807) is 38.1 Å². The van der Waals surface area contributed by atoms with Crippen molar-refractivity contribution in [2.75, 3.05) is 13.2 Å². The van der Waals surface area contributed by atoms with Crippen LogP contribution in [0.25, 0.3) is 11.1 Å². The van der Waals surface area contributed by atoms with Crippen LogP contribution in [-0.4, -0.2) is 54.3 Å². The lowest BCUT2D eigenvalue weighted by Crippen LogP contribution is -2.52. The zero-order valence-corrected chi connectivity index (χ0v) is 17.8. The maximum atomic E-state index is 12.3. The van der Waals surface area contributed by atoms with Crippen LogP contribution in [-0.2, 0) is 9.59 Å². The fourth-order valence-electron chi connectivity index (χ4n) is 3.26. The van der Waals surface area contributed by atoms with E-state index in [0.29, 0.717) is 17.7 Å². The highest BCUT2D eigenvalue weighted by atomic mass is 19.4. The Kier molecular flexibility index (Phi) is 6.80. The zero-order valence-electron chi connectivity index (χ0n) is 17.8. The van der Waals surface area contributed by atoms with Crippen LogP contribution in [0.3, 0.4) is 0 Å². The molecule has 0 spiro atoms. The third-order valence-electron chi connectivity index (χ3n) is 5.13. The van der Waals surface area contributed by atoms with Crippen molar-refractivity contribution < 1.29 is 37.0 Å². The van der Waals surface area contributed by atoms with Crippen LogP contribution < -0.4 is 20.1 Å². The summed E-state index contributed by atoms with van der Waals surface area (Å²) in [6, 6.07) is 11.1. The summed E-state index contributed by atoms with van der Waals surface area (Å²) in [6.45, 7) is 3.31. The molecular formula is C22H22F3N3O5. The molecule has 1 aliphatic rings. The molecule has 4 amide bonds. The number of alkyl halides is 3. The van der Waals surface area contributed by atoms with Crippen LogP contribution >= 0.6 is 0 Å². The smallest absolute Gasteiger partial charge is 0.491 e. The van der Waals surface area contributed by atoms with Crippen LogP contribution in [0.4, 0.5) is 18.0 Å². The number of nitrogens with zero attached hydrogens (tertiary/aromatic N) is 1. The Labute approximate surface area is 187 Å². The van der Waals surface area contributed by atoms with Crippen LogP contribution in [0.2, 0.25) is 0 Å². The maximum Gasteiger partial charge on any atom is 0.573 e. The molecular weight excluding hydrogens is 443 g/mol. The highest BCUT2D eigenvalue weighted by Gasteiger charge is 2.46. The molecule has 0 saturated carbocycles. The fourth-order valence-corrected chi connectivity index (χ4v) is 3.26. The molecule has 1 heterocycles. The first-order valence-electron chi connectivity index (χ1n) is 9.91. The van der Waals surface area contributed by atoms with Gasteiger partial charge in [0.25, 0.3) is 5.91 Å². The van der Waals surface area contributed by atoms with E-state index >= 15 is 0 Å². The highest BCUT2D eigenvalue weighted by molar-refractivity contribution is 6.06. The molecule has 2 aromatic carbocycles. The van der Waals surface area contributed by atoms with Crippen molar-refractivity contribution in [3.63, 3.8) is 0 Å². The Morgan fingerprint density at radius 3 is 2.03 bits per heavy atom. The van der Waals surface area contributed by atoms with E-state index in [4.69, 9.17) is 4.74 Å². The molecule has 1 aliphatic heterocycles. The molecule has 1 fully saturated rings. The predicted molar refractivity (Wildman–Crippen MR) is 111 cm³/mol. The molecule has 2 N–H and O–H groups in total. The molecule has 0 radical (unpaired) electrons. The Morgan fingerprint density at radius 1 is 1.03 bits per heavy atom. The van der Waals surface area contributed by atoms with Crippen molar-refractivity contribution in [2.24, 2.45) is 0 Å². The Bertz CT molecular complexity index is 1010. The average molecular weight is 465 g/mol. The second kappa shape index (κ2) is 9.39. The minimum Gasteiger partial charge on any atom is -0.491 e. The van der Waals surface area contributed by atoms with Gasteiger partial charge in [0, 0.05) is 6.54 Å². The summed E-state index contributed by atoms with van der Waals surface area (Å²) in [4.78, 5) is 36.3. The molecule has 1 saturated heterocycles. The number of carbonyl (C=O) groups excluding carboxylic acids is 3. The Balaban J connectivity index is 1.61. The van der Waals surface area contributed by atoms with Gasteiger partial charge in [-0.1, -0.05) is 24.3 Å². The van der Waals surface area contributed by atoms with Crippen molar-refractivity contribution >= 4 is 18.3 Å². The third-order valence-corrected chi connectivity index (χ3v) is 5.13. The number of nitrogens with one attached hydrogen (secondary N) is 2. The SMILES string of the molecule is CC1(C)C(=O)NC(=O)N1CC(COc1ccc(-c2ccc(OC(F)(F)F)cc2)cc1)NC=O. The number of amides is 4. The molecule has 0 aliphatic carbocycles. The first-order valence-corrected chi connectivity index (χ1v) is 9.91. The van der Waals surface area contributed by atoms with E-state index in [0.717, 1.165) is 5.56 Å². The first-order chi connectivity index (χ1) is 15.5. The molecule has 8 nitrogen and oxygen atoms in total. The summed E-state index contributed by atoms with van der Waals surface area (Å²) in [5.41, 5.74) is 0.378. The number of imide groups is 1. The first kappa shape index (κ1) is 23.9. The van der Waals surface area contributed by atoms with Crippen LogP contribution in [0.5, 0.6) is 11.5 Å². The topological polar surface area (TPSA) is 97.0 Å². The summed E-state index contributed by atoms with van der Waals surface area (Å²) in [7, 11) is 0. The number of hydrogen-bond acceptors (Lipinski definition) is 5. The molecule has 176 valence electrons. The van der Waals surface area contributed by atoms with Gasteiger partial charge in [-0.15, -0.1) is 13.2 Å². The van der Waals surface area contributed by atoms with E-state index in [1.165, 1.54) is 29.2 Å². The molecule has 0 bridgehead atoms. The number of halogens is 3. The van der Waals surface area contributed by atoms with Crippen molar-refractivity contribution in [2.45, 2.75) is 31.8 Å². The Hall–Kier alpha value is -3.76. The average Bonchev–Trinajstić information content (AvgIpc) is 2.93.